The van der Waals surface area contributed by atoms with Crippen LogP contribution in [0.25, 0.3) is 0 Å². The number of aliphatic carboxylic acids is 1. The number of hydrogen-bond donors (Lipinski definition) is 2. The number of benzene rings is 1. The quantitative estimate of drug-likeness (QED) is 0.819. The average Bonchev–Trinajstić information content (AvgIpc) is 2.17. The van der Waals surface area contributed by atoms with Crippen molar-refractivity contribution in [3.05, 3.63) is 30.3 Å². The molecule has 1 aromatic rings. The Morgan fingerprint density at radius 2 is 1.50 bits per heavy atom. The molecule has 3 N–H and O–H groups in total. The normalized spacial score (nSPS) is 10.7. The summed E-state index contributed by atoms with van der Waals surface area (Å²) in [5.74, 6) is -2.76. The Balaban J connectivity index is 0. The molecule has 5 nitrogen and oxygen atoms in total. The number of carboxylic acid groups (broad SMARTS) is 1. The molecule has 0 heterocycles. The number of sulfonamides is 1. The van der Waals surface area contributed by atoms with E-state index in [0.717, 1.165) is 0 Å². The highest BCUT2D eigenvalue weighted by molar-refractivity contribution is 7.89. The zero-order chi connectivity index (χ0) is 13.7. The van der Waals surface area contributed by atoms with Gasteiger partial charge >= 0.3 is 12.1 Å². The molecule has 0 unspecified atom stereocenters. The van der Waals surface area contributed by atoms with Crippen LogP contribution in [0.1, 0.15) is 7.43 Å². The first-order valence-corrected chi connectivity index (χ1v) is 5.47. The van der Waals surface area contributed by atoms with Crippen LogP contribution >= 0.6 is 0 Å². The number of carboxylic acids is 1. The SMILES string of the molecule is C.NS(=O)(=O)c1ccccc1.O=C(O)C(F)(F)F. The van der Waals surface area contributed by atoms with E-state index in [1.54, 1.807) is 18.2 Å². The lowest BCUT2D eigenvalue weighted by Crippen LogP contribution is -2.21. The molecule has 1 aromatic carbocycles. The largest absolute Gasteiger partial charge is 0.490 e. The van der Waals surface area contributed by atoms with Gasteiger partial charge in [0.05, 0.1) is 4.90 Å². The van der Waals surface area contributed by atoms with Gasteiger partial charge in [-0.1, -0.05) is 25.6 Å². The van der Waals surface area contributed by atoms with Gasteiger partial charge in [-0.05, 0) is 12.1 Å². The van der Waals surface area contributed by atoms with Gasteiger partial charge in [-0.15, -0.1) is 0 Å². The fourth-order valence-electron chi connectivity index (χ4n) is 0.610. The van der Waals surface area contributed by atoms with Crippen molar-refractivity contribution >= 4 is 16.0 Å². The molecule has 0 radical (unpaired) electrons. The van der Waals surface area contributed by atoms with E-state index in [0.29, 0.717) is 0 Å². The molecule has 104 valence electrons. The predicted octanol–water partition coefficient (Wildman–Crippen LogP) is 1.60. The molecule has 0 aliphatic rings. The van der Waals surface area contributed by atoms with Gasteiger partial charge in [0.25, 0.3) is 0 Å². The third kappa shape index (κ3) is 7.63. The summed E-state index contributed by atoms with van der Waals surface area (Å²) < 4.78 is 53.0. The first-order chi connectivity index (χ1) is 7.55. The molecule has 0 saturated carbocycles. The standard InChI is InChI=1S/C6H7NO2S.C2HF3O2.CH4/c7-10(8,9)6-4-2-1-3-5-6;3-2(4,5)1(6)7;/h1-5H,(H2,7,8,9);(H,6,7);1H4. The zero-order valence-electron chi connectivity index (χ0n) is 8.18. The van der Waals surface area contributed by atoms with Crippen molar-refractivity contribution in [2.75, 3.05) is 0 Å². The van der Waals surface area contributed by atoms with Crippen LogP contribution in [0.15, 0.2) is 35.2 Å². The summed E-state index contributed by atoms with van der Waals surface area (Å²) in [7, 11) is -3.50. The Labute approximate surface area is 102 Å². The highest BCUT2D eigenvalue weighted by Crippen LogP contribution is 2.13. The lowest BCUT2D eigenvalue weighted by molar-refractivity contribution is -0.192. The number of halogens is 3. The van der Waals surface area contributed by atoms with Crippen LogP contribution in [0.3, 0.4) is 0 Å². The Kier molecular flexibility index (Phi) is 7.25. The molecular weight excluding hydrogens is 275 g/mol. The van der Waals surface area contributed by atoms with E-state index in [9.17, 15) is 21.6 Å². The van der Waals surface area contributed by atoms with Crippen molar-refractivity contribution in [3.8, 4) is 0 Å². The van der Waals surface area contributed by atoms with Gasteiger partial charge in [-0.3, -0.25) is 0 Å². The number of alkyl halides is 3. The van der Waals surface area contributed by atoms with Gasteiger partial charge in [0.15, 0.2) is 0 Å². The lowest BCUT2D eigenvalue weighted by atomic mass is 10.4. The number of nitrogens with two attached hydrogens (primary N) is 1. The maximum Gasteiger partial charge on any atom is 0.490 e. The maximum absolute atomic E-state index is 10.6. The van der Waals surface area contributed by atoms with Crippen LogP contribution in [0.2, 0.25) is 0 Å². The van der Waals surface area contributed by atoms with Crippen molar-refractivity contribution in [1.82, 2.24) is 0 Å². The molecule has 0 fully saturated rings. The Bertz CT molecular complexity index is 470. The van der Waals surface area contributed by atoms with Crippen molar-refractivity contribution in [3.63, 3.8) is 0 Å². The van der Waals surface area contributed by atoms with Crippen LogP contribution in [0, 0.1) is 0 Å². The van der Waals surface area contributed by atoms with Crippen LogP contribution in [-0.4, -0.2) is 25.7 Å². The first kappa shape index (κ1) is 18.7. The summed E-state index contributed by atoms with van der Waals surface area (Å²) in [6.45, 7) is 0. The Morgan fingerprint density at radius 3 is 1.67 bits per heavy atom. The second-order valence-electron chi connectivity index (χ2n) is 2.66. The second-order valence-corrected chi connectivity index (χ2v) is 4.22. The average molecular weight is 287 g/mol. The molecular formula is C9H12F3NO4S. The molecule has 0 saturated heterocycles. The molecule has 18 heavy (non-hydrogen) atoms. The molecule has 1 rings (SSSR count). The third-order valence-electron chi connectivity index (χ3n) is 1.31. The summed E-state index contributed by atoms with van der Waals surface area (Å²) in [6.07, 6.45) is -5.08. The third-order valence-corrected chi connectivity index (χ3v) is 2.24. The number of primary sulfonamides is 1. The first-order valence-electron chi connectivity index (χ1n) is 3.93. The van der Waals surface area contributed by atoms with Crippen molar-refractivity contribution in [2.45, 2.75) is 18.5 Å². The van der Waals surface area contributed by atoms with Gasteiger partial charge in [0.1, 0.15) is 0 Å². The lowest BCUT2D eigenvalue weighted by Gasteiger charge is -1.93. The molecule has 0 aliphatic heterocycles. The Hall–Kier alpha value is -1.61. The number of carbonyl (C=O) groups is 1. The van der Waals surface area contributed by atoms with E-state index in [2.05, 4.69) is 0 Å². The molecule has 0 aliphatic carbocycles. The van der Waals surface area contributed by atoms with Crippen LogP contribution in [-0.2, 0) is 14.8 Å². The van der Waals surface area contributed by atoms with Gasteiger partial charge in [-0.2, -0.15) is 13.2 Å². The zero-order valence-corrected chi connectivity index (χ0v) is 8.99. The van der Waals surface area contributed by atoms with Crippen molar-refractivity contribution < 1.29 is 31.5 Å². The van der Waals surface area contributed by atoms with Crippen LogP contribution in [0.5, 0.6) is 0 Å². The molecule has 0 amide bonds. The molecule has 9 heteroatoms. The van der Waals surface area contributed by atoms with E-state index < -0.39 is 22.2 Å². The van der Waals surface area contributed by atoms with Gasteiger partial charge in [-0.25, -0.2) is 18.4 Å². The van der Waals surface area contributed by atoms with E-state index in [1.165, 1.54) is 12.1 Å². The van der Waals surface area contributed by atoms with E-state index in [1.807, 2.05) is 0 Å². The molecule has 0 bridgehead atoms. The molecule has 0 spiro atoms. The predicted molar refractivity (Wildman–Crippen MR) is 58.2 cm³/mol. The summed E-state index contributed by atoms with van der Waals surface area (Å²) in [6, 6.07) is 7.89. The second kappa shape index (κ2) is 6.97. The maximum atomic E-state index is 10.6. The fourth-order valence-corrected chi connectivity index (χ4v) is 1.15. The van der Waals surface area contributed by atoms with Crippen molar-refractivity contribution in [1.29, 1.82) is 0 Å². The smallest absolute Gasteiger partial charge is 0.475 e. The minimum absolute atomic E-state index is 0. The Morgan fingerprint density at radius 1 is 1.17 bits per heavy atom. The van der Waals surface area contributed by atoms with Crippen molar-refractivity contribution in [2.24, 2.45) is 5.14 Å². The number of hydrogen-bond acceptors (Lipinski definition) is 3. The molecule has 0 aromatic heterocycles. The fraction of sp³-hybridized carbons (Fsp3) is 0.222. The highest BCUT2D eigenvalue weighted by atomic mass is 32.2. The van der Waals surface area contributed by atoms with Crippen LogP contribution < -0.4 is 5.14 Å². The summed E-state index contributed by atoms with van der Waals surface area (Å²) in [5, 5.41) is 12.0. The molecule has 0 atom stereocenters. The topological polar surface area (TPSA) is 97.5 Å². The van der Waals surface area contributed by atoms with Crippen LogP contribution in [0.4, 0.5) is 13.2 Å². The monoisotopic (exact) mass is 287 g/mol. The number of rotatable bonds is 1. The van der Waals surface area contributed by atoms with E-state index in [4.69, 9.17) is 15.0 Å². The highest BCUT2D eigenvalue weighted by Gasteiger charge is 2.38. The summed E-state index contributed by atoms with van der Waals surface area (Å²) >= 11 is 0. The summed E-state index contributed by atoms with van der Waals surface area (Å²) in [4.78, 5) is 9.04. The summed E-state index contributed by atoms with van der Waals surface area (Å²) in [5.41, 5.74) is 0. The van der Waals surface area contributed by atoms with Gasteiger partial charge in [0, 0.05) is 0 Å². The van der Waals surface area contributed by atoms with E-state index >= 15 is 0 Å². The van der Waals surface area contributed by atoms with Gasteiger partial charge in [0.2, 0.25) is 10.0 Å². The minimum Gasteiger partial charge on any atom is -0.475 e. The minimum atomic E-state index is -5.08. The van der Waals surface area contributed by atoms with Gasteiger partial charge < -0.3 is 5.11 Å². The van der Waals surface area contributed by atoms with E-state index in [-0.39, 0.29) is 12.3 Å².